The highest BCUT2D eigenvalue weighted by molar-refractivity contribution is 9.10. The Morgan fingerprint density at radius 2 is 1.67 bits per heavy atom. The van der Waals surface area contributed by atoms with Crippen LogP contribution in [-0.2, 0) is 4.79 Å². The van der Waals surface area contributed by atoms with E-state index in [-0.39, 0.29) is 15.6 Å². The van der Waals surface area contributed by atoms with Gasteiger partial charge in [-0.2, -0.15) is 0 Å². The lowest BCUT2D eigenvalue weighted by Crippen LogP contribution is -2.60. The van der Waals surface area contributed by atoms with Gasteiger partial charge in [-0.05, 0) is 74.6 Å². The van der Waals surface area contributed by atoms with E-state index in [1.165, 1.54) is 30.7 Å². The number of benzene rings is 1. The molecule has 2 N–H and O–H groups in total. The van der Waals surface area contributed by atoms with Gasteiger partial charge in [0.05, 0.1) is 5.41 Å². The van der Waals surface area contributed by atoms with Gasteiger partial charge in [0.15, 0.2) is 0 Å². The first kappa shape index (κ1) is 16.1. The average molecular weight is 395 g/mol. The summed E-state index contributed by atoms with van der Waals surface area (Å²) in [5.41, 5.74) is 5.04. The number of hydrogen-bond donors (Lipinski definition) is 2. The molecule has 0 saturated heterocycles. The Hall–Kier alpha value is -1.43. The summed E-state index contributed by atoms with van der Waals surface area (Å²) in [6, 6.07) is 5.25. The second-order valence-electron chi connectivity index (χ2n) is 7.81. The van der Waals surface area contributed by atoms with Gasteiger partial charge < -0.3 is 0 Å². The van der Waals surface area contributed by atoms with Crippen molar-refractivity contribution in [1.29, 1.82) is 0 Å². The number of halogens is 2. The molecule has 4 aliphatic rings. The number of nitrogens with one attached hydrogen (secondary N) is 2. The molecule has 4 saturated carbocycles. The second-order valence-corrected chi connectivity index (χ2v) is 9.49. The molecule has 24 heavy (non-hydrogen) atoms. The quantitative estimate of drug-likeness (QED) is 0.596. The molecular formula is C18H20BrFN2O2. The minimum Gasteiger partial charge on any atom is -0.273 e. The normalized spacial score (nSPS) is 36.4. The van der Waals surface area contributed by atoms with Crippen molar-refractivity contribution in [3.63, 3.8) is 0 Å². The minimum absolute atomic E-state index is 0.0871. The van der Waals surface area contributed by atoms with Gasteiger partial charge in [0.2, 0.25) is 5.91 Å². The zero-order valence-electron chi connectivity index (χ0n) is 13.3. The van der Waals surface area contributed by atoms with Crippen molar-refractivity contribution < 1.29 is 14.0 Å². The third kappa shape index (κ3) is 2.75. The van der Waals surface area contributed by atoms with Crippen LogP contribution >= 0.6 is 15.9 Å². The summed E-state index contributed by atoms with van der Waals surface area (Å²) in [5, 5.41) is 0. The van der Waals surface area contributed by atoms with E-state index in [1.807, 2.05) is 0 Å². The molecule has 128 valence electrons. The SMILES string of the molecule is O=C(NNC(=O)C12C[C@@H]3C[C@@H](CC(Br)(C3)C1)C2)c1ccc(F)cc1. The molecule has 4 aliphatic carbocycles. The smallest absolute Gasteiger partial charge is 0.269 e. The summed E-state index contributed by atoms with van der Waals surface area (Å²) in [6.45, 7) is 0. The molecule has 1 aromatic carbocycles. The predicted octanol–water partition coefficient (Wildman–Crippen LogP) is 3.32. The number of carbonyl (C=O) groups excluding carboxylic acids is 2. The van der Waals surface area contributed by atoms with Crippen molar-refractivity contribution in [1.82, 2.24) is 10.9 Å². The molecule has 4 bridgehead atoms. The Bertz CT molecular complexity index is 677. The molecule has 6 heteroatoms. The van der Waals surface area contributed by atoms with E-state index in [4.69, 9.17) is 0 Å². The molecule has 2 unspecified atom stereocenters. The summed E-state index contributed by atoms with van der Waals surface area (Å²) in [7, 11) is 0. The highest BCUT2D eigenvalue weighted by Crippen LogP contribution is 2.64. The molecule has 0 spiro atoms. The van der Waals surface area contributed by atoms with Crippen LogP contribution in [-0.4, -0.2) is 16.1 Å². The molecule has 4 fully saturated rings. The van der Waals surface area contributed by atoms with Crippen LogP contribution in [0, 0.1) is 23.1 Å². The number of carbonyl (C=O) groups is 2. The summed E-state index contributed by atoms with van der Waals surface area (Å²) in [6.07, 6.45) is 6.20. The van der Waals surface area contributed by atoms with Gasteiger partial charge in [-0.25, -0.2) is 4.39 Å². The van der Waals surface area contributed by atoms with Gasteiger partial charge in [-0.1, -0.05) is 15.9 Å². The van der Waals surface area contributed by atoms with Gasteiger partial charge in [-0.15, -0.1) is 0 Å². The standard InChI is InChI=1S/C18H20BrFN2O2/c19-18-8-11-5-12(9-18)7-17(6-11,10-18)16(24)22-21-15(23)13-1-3-14(20)4-2-13/h1-4,11-12H,5-10H2,(H,21,23)(H,22,24)/t11-,12+,17?,18?. The van der Waals surface area contributed by atoms with Crippen molar-refractivity contribution in [2.75, 3.05) is 0 Å². The maximum Gasteiger partial charge on any atom is 0.269 e. The largest absolute Gasteiger partial charge is 0.273 e. The van der Waals surface area contributed by atoms with Gasteiger partial charge in [0.1, 0.15) is 5.82 Å². The molecule has 5 rings (SSSR count). The van der Waals surface area contributed by atoms with E-state index >= 15 is 0 Å². The Morgan fingerprint density at radius 3 is 2.25 bits per heavy atom. The van der Waals surface area contributed by atoms with Crippen LogP contribution in [0.15, 0.2) is 24.3 Å². The first-order chi connectivity index (χ1) is 11.4. The molecule has 4 atom stereocenters. The molecule has 4 nitrogen and oxygen atoms in total. The lowest BCUT2D eigenvalue weighted by atomic mass is 9.49. The zero-order valence-corrected chi connectivity index (χ0v) is 14.9. The fourth-order valence-corrected chi connectivity index (χ4v) is 6.79. The Balaban J connectivity index is 1.43. The number of rotatable bonds is 2. The van der Waals surface area contributed by atoms with Crippen molar-refractivity contribution in [3.05, 3.63) is 35.6 Å². The average Bonchev–Trinajstić information content (AvgIpc) is 2.50. The molecular weight excluding hydrogens is 375 g/mol. The van der Waals surface area contributed by atoms with Crippen LogP contribution < -0.4 is 10.9 Å². The van der Waals surface area contributed by atoms with Gasteiger partial charge in [-0.3, -0.25) is 20.4 Å². The number of hydrogen-bond acceptors (Lipinski definition) is 2. The van der Waals surface area contributed by atoms with E-state index in [9.17, 15) is 14.0 Å². The zero-order chi connectivity index (χ0) is 16.9. The van der Waals surface area contributed by atoms with Crippen LogP contribution in [0.25, 0.3) is 0 Å². The van der Waals surface area contributed by atoms with Crippen molar-refractivity contribution >= 4 is 27.7 Å². The predicted molar refractivity (Wildman–Crippen MR) is 90.8 cm³/mol. The van der Waals surface area contributed by atoms with Crippen LogP contribution in [0.1, 0.15) is 48.9 Å². The number of amides is 2. The summed E-state index contributed by atoms with van der Waals surface area (Å²) in [4.78, 5) is 24.9. The fourth-order valence-electron chi connectivity index (χ4n) is 5.34. The molecule has 0 aliphatic heterocycles. The van der Waals surface area contributed by atoms with E-state index in [1.54, 1.807) is 0 Å². The number of alkyl halides is 1. The van der Waals surface area contributed by atoms with E-state index < -0.39 is 11.7 Å². The summed E-state index contributed by atoms with van der Waals surface area (Å²) < 4.78 is 13.0. The molecule has 2 amide bonds. The van der Waals surface area contributed by atoms with Gasteiger partial charge in [0.25, 0.3) is 5.91 Å². The molecule has 1 aromatic rings. The highest BCUT2D eigenvalue weighted by Gasteiger charge is 2.59. The van der Waals surface area contributed by atoms with Crippen LogP contribution in [0.3, 0.4) is 0 Å². The summed E-state index contributed by atoms with van der Waals surface area (Å²) in [5.74, 6) is 0.289. The highest BCUT2D eigenvalue weighted by atomic mass is 79.9. The maximum absolute atomic E-state index is 12.9. The molecule has 0 aromatic heterocycles. The third-order valence-corrected chi connectivity index (χ3v) is 6.80. The Labute approximate surface area is 148 Å². The summed E-state index contributed by atoms with van der Waals surface area (Å²) >= 11 is 3.88. The first-order valence-electron chi connectivity index (χ1n) is 8.43. The lowest BCUT2D eigenvalue weighted by Gasteiger charge is -2.59. The van der Waals surface area contributed by atoms with Crippen molar-refractivity contribution in [2.24, 2.45) is 17.3 Å². The van der Waals surface area contributed by atoms with Gasteiger partial charge in [0, 0.05) is 9.89 Å². The monoisotopic (exact) mass is 394 g/mol. The lowest BCUT2D eigenvalue weighted by molar-refractivity contribution is -0.144. The Kier molecular flexibility index (Phi) is 3.71. The third-order valence-electron chi connectivity index (χ3n) is 5.87. The molecule has 0 radical (unpaired) electrons. The van der Waals surface area contributed by atoms with Crippen LogP contribution in [0.2, 0.25) is 0 Å². The maximum atomic E-state index is 12.9. The topological polar surface area (TPSA) is 58.2 Å². The second kappa shape index (κ2) is 5.55. The van der Waals surface area contributed by atoms with E-state index in [2.05, 4.69) is 26.8 Å². The van der Waals surface area contributed by atoms with E-state index in [0.29, 0.717) is 17.4 Å². The van der Waals surface area contributed by atoms with Crippen LogP contribution in [0.4, 0.5) is 4.39 Å². The first-order valence-corrected chi connectivity index (χ1v) is 9.22. The van der Waals surface area contributed by atoms with Crippen molar-refractivity contribution in [2.45, 2.75) is 42.8 Å². The molecule has 0 heterocycles. The Morgan fingerprint density at radius 1 is 1.04 bits per heavy atom. The fraction of sp³-hybridized carbons (Fsp3) is 0.556. The van der Waals surface area contributed by atoms with Crippen molar-refractivity contribution in [3.8, 4) is 0 Å². The number of hydrazine groups is 1. The minimum atomic E-state index is -0.429. The van der Waals surface area contributed by atoms with Crippen LogP contribution in [0.5, 0.6) is 0 Å². The van der Waals surface area contributed by atoms with Gasteiger partial charge >= 0.3 is 0 Å². The van der Waals surface area contributed by atoms with E-state index in [0.717, 1.165) is 32.1 Å².